The van der Waals surface area contributed by atoms with Gasteiger partial charge in [0.25, 0.3) is 11.6 Å². The monoisotopic (exact) mass is 442 g/mol. The molecular formula is C21H19ClN4O5. The Morgan fingerprint density at radius 1 is 1.23 bits per heavy atom. The third-order valence-corrected chi connectivity index (χ3v) is 5.63. The zero-order valence-electron chi connectivity index (χ0n) is 16.7. The Balaban J connectivity index is 1.41. The molecule has 1 saturated heterocycles. The SMILES string of the molecule is COc1ccc(-c2noc(C3CCN(C(=O)c4ccc(Cl)c([N+](=O)[O-])c4)CC3)n2)cc1. The predicted molar refractivity (Wildman–Crippen MR) is 112 cm³/mol. The summed E-state index contributed by atoms with van der Waals surface area (Å²) in [5.74, 6) is 1.57. The highest BCUT2D eigenvalue weighted by Crippen LogP contribution is 2.31. The molecule has 0 atom stereocenters. The lowest BCUT2D eigenvalue weighted by atomic mass is 9.96. The topological polar surface area (TPSA) is 112 Å². The van der Waals surface area contributed by atoms with E-state index >= 15 is 0 Å². The summed E-state index contributed by atoms with van der Waals surface area (Å²) in [6.07, 6.45) is 1.32. The maximum atomic E-state index is 12.8. The fourth-order valence-corrected chi connectivity index (χ4v) is 3.74. The summed E-state index contributed by atoms with van der Waals surface area (Å²) in [5, 5.41) is 15.1. The van der Waals surface area contributed by atoms with Gasteiger partial charge < -0.3 is 14.2 Å². The lowest BCUT2D eigenvalue weighted by Gasteiger charge is -2.30. The molecule has 0 radical (unpaired) electrons. The van der Waals surface area contributed by atoms with Gasteiger partial charge in [-0.3, -0.25) is 14.9 Å². The van der Waals surface area contributed by atoms with Crippen LogP contribution in [0.15, 0.2) is 47.0 Å². The zero-order chi connectivity index (χ0) is 22.0. The molecule has 0 bridgehead atoms. The second-order valence-electron chi connectivity index (χ2n) is 7.17. The number of hydrogen-bond donors (Lipinski definition) is 0. The van der Waals surface area contributed by atoms with Crippen LogP contribution in [0.25, 0.3) is 11.4 Å². The Morgan fingerprint density at radius 3 is 2.58 bits per heavy atom. The lowest BCUT2D eigenvalue weighted by molar-refractivity contribution is -0.384. The normalized spacial score (nSPS) is 14.5. The molecule has 0 unspecified atom stereocenters. The number of halogens is 1. The minimum Gasteiger partial charge on any atom is -0.497 e. The van der Waals surface area contributed by atoms with Crippen LogP contribution < -0.4 is 4.74 Å². The van der Waals surface area contributed by atoms with E-state index in [0.717, 1.165) is 11.3 Å². The van der Waals surface area contributed by atoms with Gasteiger partial charge in [0.2, 0.25) is 11.7 Å². The van der Waals surface area contributed by atoms with Crippen molar-refractivity contribution < 1.29 is 19.0 Å². The minimum atomic E-state index is -0.596. The number of hydrogen-bond acceptors (Lipinski definition) is 7. The molecule has 0 spiro atoms. The van der Waals surface area contributed by atoms with Crippen molar-refractivity contribution in [3.63, 3.8) is 0 Å². The van der Waals surface area contributed by atoms with Crippen molar-refractivity contribution in [1.29, 1.82) is 0 Å². The number of benzene rings is 2. The van der Waals surface area contributed by atoms with E-state index in [4.69, 9.17) is 20.9 Å². The number of carbonyl (C=O) groups is 1. The largest absolute Gasteiger partial charge is 0.497 e. The number of piperidine rings is 1. The molecule has 4 rings (SSSR count). The molecule has 1 fully saturated rings. The first-order chi connectivity index (χ1) is 15.0. The molecule has 1 aliphatic rings. The number of nitrogens with zero attached hydrogens (tertiary/aromatic N) is 4. The fraction of sp³-hybridized carbons (Fsp3) is 0.286. The molecular weight excluding hydrogens is 424 g/mol. The zero-order valence-corrected chi connectivity index (χ0v) is 17.4. The van der Waals surface area contributed by atoms with Gasteiger partial charge in [-0.15, -0.1) is 0 Å². The van der Waals surface area contributed by atoms with Crippen LogP contribution in [0.4, 0.5) is 5.69 Å². The Kier molecular flexibility index (Phi) is 5.85. The summed E-state index contributed by atoms with van der Waals surface area (Å²) in [5.41, 5.74) is 0.793. The minimum absolute atomic E-state index is 0.00400. The van der Waals surface area contributed by atoms with Crippen molar-refractivity contribution in [2.24, 2.45) is 0 Å². The Morgan fingerprint density at radius 2 is 1.94 bits per heavy atom. The van der Waals surface area contributed by atoms with E-state index in [2.05, 4.69) is 10.1 Å². The van der Waals surface area contributed by atoms with Gasteiger partial charge in [-0.05, 0) is 49.2 Å². The number of methoxy groups -OCH3 is 1. The molecule has 0 aliphatic carbocycles. The van der Waals surface area contributed by atoms with Gasteiger partial charge >= 0.3 is 0 Å². The third kappa shape index (κ3) is 4.36. The van der Waals surface area contributed by atoms with Crippen LogP contribution in [0.2, 0.25) is 5.02 Å². The van der Waals surface area contributed by atoms with Gasteiger partial charge in [-0.1, -0.05) is 16.8 Å². The fourth-order valence-electron chi connectivity index (χ4n) is 3.56. The molecule has 2 heterocycles. The first kappa shape index (κ1) is 20.8. The standard InChI is InChI=1S/C21H19ClN4O5/c1-30-16-5-2-13(3-6-16)19-23-20(31-24-19)14-8-10-25(11-9-14)21(27)15-4-7-17(22)18(12-15)26(28)29/h2-7,12,14H,8-11H2,1H3. The van der Waals surface area contributed by atoms with Crippen LogP contribution in [0, 0.1) is 10.1 Å². The van der Waals surface area contributed by atoms with Crippen molar-refractivity contribution in [3.05, 3.63) is 69.1 Å². The highest BCUT2D eigenvalue weighted by Gasteiger charge is 2.29. The summed E-state index contributed by atoms with van der Waals surface area (Å²) in [6, 6.07) is 11.5. The van der Waals surface area contributed by atoms with Crippen molar-refractivity contribution in [2.45, 2.75) is 18.8 Å². The predicted octanol–water partition coefficient (Wildman–Crippen LogP) is 4.33. The third-order valence-electron chi connectivity index (χ3n) is 5.31. The maximum absolute atomic E-state index is 12.8. The first-order valence-electron chi connectivity index (χ1n) is 9.67. The average Bonchev–Trinajstić information content (AvgIpc) is 3.29. The van der Waals surface area contributed by atoms with Crippen LogP contribution in [0.1, 0.15) is 35.0 Å². The first-order valence-corrected chi connectivity index (χ1v) is 10.1. The van der Waals surface area contributed by atoms with Gasteiger partial charge in [-0.25, -0.2) is 0 Å². The second-order valence-corrected chi connectivity index (χ2v) is 7.58. The molecule has 10 heteroatoms. The number of nitro groups is 1. The van der Waals surface area contributed by atoms with E-state index in [1.807, 2.05) is 24.3 Å². The molecule has 1 aromatic heterocycles. The van der Waals surface area contributed by atoms with Gasteiger partial charge in [0, 0.05) is 36.2 Å². The summed E-state index contributed by atoms with van der Waals surface area (Å²) in [6.45, 7) is 0.973. The van der Waals surface area contributed by atoms with E-state index in [-0.39, 0.29) is 28.1 Å². The molecule has 1 amide bonds. The van der Waals surface area contributed by atoms with Gasteiger partial charge in [0.15, 0.2) is 0 Å². The number of rotatable bonds is 5. The van der Waals surface area contributed by atoms with E-state index in [1.54, 1.807) is 12.0 Å². The summed E-state index contributed by atoms with van der Waals surface area (Å²) >= 11 is 5.83. The number of ether oxygens (including phenoxy) is 1. The average molecular weight is 443 g/mol. The van der Waals surface area contributed by atoms with Crippen LogP contribution in [0.5, 0.6) is 5.75 Å². The van der Waals surface area contributed by atoms with Crippen molar-refractivity contribution in [3.8, 4) is 17.1 Å². The van der Waals surface area contributed by atoms with E-state index in [9.17, 15) is 14.9 Å². The molecule has 1 aliphatic heterocycles. The second kappa shape index (κ2) is 8.73. The highest BCUT2D eigenvalue weighted by atomic mass is 35.5. The van der Waals surface area contributed by atoms with Crippen molar-refractivity contribution in [1.82, 2.24) is 15.0 Å². The van der Waals surface area contributed by atoms with E-state index < -0.39 is 4.92 Å². The van der Waals surface area contributed by atoms with Crippen LogP contribution in [0.3, 0.4) is 0 Å². The number of nitro benzene ring substituents is 1. The van der Waals surface area contributed by atoms with Crippen LogP contribution in [-0.4, -0.2) is 46.1 Å². The Bertz CT molecular complexity index is 1110. The molecule has 160 valence electrons. The molecule has 2 aromatic carbocycles. The Hall–Kier alpha value is -3.46. The molecule has 9 nitrogen and oxygen atoms in total. The highest BCUT2D eigenvalue weighted by molar-refractivity contribution is 6.32. The number of amides is 1. The van der Waals surface area contributed by atoms with E-state index in [1.165, 1.54) is 18.2 Å². The Labute approximate surface area is 182 Å². The molecule has 0 saturated carbocycles. The number of aromatic nitrogens is 2. The maximum Gasteiger partial charge on any atom is 0.288 e. The van der Waals surface area contributed by atoms with Crippen LogP contribution in [-0.2, 0) is 0 Å². The van der Waals surface area contributed by atoms with E-state index in [0.29, 0.717) is 37.6 Å². The summed E-state index contributed by atoms with van der Waals surface area (Å²) < 4.78 is 10.6. The summed E-state index contributed by atoms with van der Waals surface area (Å²) in [7, 11) is 1.60. The molecule has 0 N–H and O–H groups in total. The smallest absolute Gasteiger partial charge is 0.288 e. The van der Waals surface area contributed by atoms with Crippen LogP contribution >= 0.6 is 11.6 Å². The lowest BCUT2D eigenvalue weighted by Crippen LogP contribution is -2.38. The number of likely N-dealkylation sites (tertiary alicyclic amines) is 1. The summed E-state index contributed by atoms with van der Waals surface area (Å²) in [4.78, 5) is 29.4. The molecule has 31 heavy (non-hydrogen) atoms. The van der Waals surface area contributed by atoms with Crippen molar-refractivity contribution >= 4 is 23.2 Å². The quantitative estimate of drug-likeness (QED) is 0.427. The van der Waals surface area contributed by atoms with Crippen molar-refractivity contribution in [2.75, 3.05) is 20.2 Å². The van der Waals surface area contributed by atoms with Gasteiger partial charge in [0.1, 0.15) is 10.8 Å². The number of carbonyl (C=O) groups excluding carboxylic acids is 1. The molecule has 3 aromatic rings. The van der Waals surface area contributed by atoms with Gasteiger partial charge in [-0.2, -0.15) is 4.98 Å². The van der Waals surface area contributed by atoms with Gasteiger partial charge in [0.05, 0.1) is 12.0 Å².